The number of rotatable bonds is 2. The molecule has 5 rings (SSSR count). The maximum absolute atomic E-state index is 11.8. The van der Waals surface area contributed by atoms with Crippen LogP contribution in [0.25, 0.3) is 0 Å². The first kappa shape index (κ1) is 15.4. The van der Waals surface area contributed by atoms with Gasteiger partial charge in [0.15, 0.2) is 0 Å². The molecule has 2 fully saturated rings. The van der Waals surface area contributed by atoms with Crippen LogP contribution in [0.15, 0.2) is 46.9 Å². The molecule has 3 aliphatic rings. The molecule has 128 valence electrons. The zero-order valence-corrected chi connectivity index (χ0v) is 15.4. The average Bonchev–Trinajstić information content (AvgIpc) is 3.22. The van der Waals surface area contributed by atoms with Crippen LogP contribution >= 0.6 is 15.9 Å². The van der Waals surface area contributed by atoms with Crippen LogP contribution in [0.4, 0.5) is 5.69 Å². The summed E-state index contributed by atoms with van der Waals surface area (Å²) >= 11 is 3.59. The number of carbonyl (C=O) groups is 1. The van der Waals surface area contributed by atoms with Gasteiger partial charge in [0.1, 0.15) is 0 Å². The van der Waals surface area contributed by atoms with Crippen molar-refractivity contribution >= 4 is 27.6 Å². The Kier molecular flexibility index (Phi) is 3.46. The van der Waals surface area contributed by atoms with E-state index < -0.39 is 5.97 Å². The summed E-state index contributed by atoms with van der Waals surface area (Å²) in [5, 5.41) is 13.3. The minimum atomic E-state index is -0.848. The van der Waals surface area contributed by atoms with Gasteiger partial charge < -0.3 is 10.4 Å². The monoisotopic (exact) mass is 397 g/mol. The van der Waals surface area contributed by atoms with Crippen LogP contribution in [0.3, 0.4) is 0 Å². The molecular formula is C21H20BrNO2. The fraction of sp³-hybridized carbons (Fsp3) is 0.381. The summed E-state index contributed by atoms with van der Waals surface area (Å²) in [6.07, 6.45) is 3.89. The first-order valence-electron chi connectivity index (χ1n) is 9.01. The maximum atomic E-state index is 11.8. The molecule has 4 heteroatoms. The summed E-state index contributed by atoms with van der Waals surface area (Å²) < 4.78 is 1.07. The molecule has 0 spiro atoms. The molecule has 0 saturated heterocycles. The second-order valence-corrected chi connectivity index (χ2v) is 8.60. The molecule has 2 saturated carbocycles. The molecule has 0 unspecified atom stereocenters. The number of anilines is 1. The lowest BCUT2D eigenvalue weighted by molar-refractivity contribution is 0.0697. The fourth-order valence-electron chi connectivity index (χ4n) is 5.72. The van der Waals surface area contributed by atoms with E-state index in [1.165, 1.54) is 30.4 Å². The zero-order valence-electron chi connectivity index (χ0n) is 13.8. The van der Waals surface area contributed by atoms with Gasteiger partial charge >= 0.3 is 5.97 Å². The van der Waals surface area contributed by atoms with Gasteiger partial charge in [-0.3, -0.25) is 0 Å². The number of para-hydroxylation sites is 1. The largest absolute Gasteiger partial charge is 0.478 e. The van der Waals surface area contributed by atoms with E-state index in [2.05, 4.69) is 45.5 Å². The van der Waals surface area contributed by atoms with E-state index in [0.717, 1.165) is 16.1 Å². The number of carboxylic acid groups (broad SMARTS) is 1. The Morgan fingerprint density at radius 2 is 1.92 bits per heavy atom. The Morgan fingerprint density at radius 1 is 1.12 bits per heavy atom. The van der Waals surface area contributed by atoms with E-state index in [9.17, 15) is 9.90 Å². The van der Waals surface area contributed by atoms with Gasteiger partial charge in [-0.25, -0.2) is 4.79 Å². The number of carboxylic acids is 1. The molecule has 0 radical (unpaired) electrons. The summed E-state index contributed by atoms with van der Waals surface area (Å²) in [6.45, 7) is 0. The summed E-state index contributed by atoms with van der Waals surface area (Å²) in [5.74, 6) is 1.64. The van der Waals surface area contributed by atoms with Crippen molar-refractivity contribution in [3.8, 4) is 0 Å². The van der Waals surface area contributed by atoms with Crippen LogP contribution in [0, 0.1) is 17.8 Å². The van der Waals surface area contributed by atoms with Crippen molar-refractivity contribution in [2.75, 3.05) is 5.32 Å². The molecular weight excluding hydrogens is 378 g/mol. The van der Waals surface area contributed by atoms with Crippen LogP contribution in [-0.2, 0) is 0 Å². The van der Waals surface area contributed by atoms with Gasteiger partial charge in [0, 0.05) is 4.47 Å². The molecule has 2 aromatic rings. The minimum absolute atomic E-state index is 0.186. The molecule has 2 aliphatic carbocycles. The van der Waals surface area contributed by atoms with Crippen LogP contribution in [0.1, 0.15) is 52.7 Å². The van der Waals surface area contributed by atoms with Crippen molar-refractivity contribution in [2.24, 2.45) is 17.8 Å². The van der Waals surface area contributed by atoms with Gasteiger partial charge in [0.2, 0.25) is 0 Å². The number of fused-ring (bicyclic) bond motifs is 7. The predicted molar refractivity (Wildman–Crippen MR) is 101 cm³/mol. The highest BCUT2D eigenvalue weighted by Crippen LogP contribution is 2.64. The summed E-state index contributed by atoms with van der Waals surface area (Å²) in [7, 11) is 0. The Labute approximate surface area is 155 Å². The lowest BCUT2D eigenvalue weighted by Crippen LogP contribution is -2.36. The van der Waals surface area contributed by atoms with Gasteiger partial charge in [-0.05, 0) is 72.3 Å². The number of halogens is 1. The van der Waals surface area contributed by atoms with Crippen LogP contribution in [0.2, 0.25) is 0 Å². The van der Waals surface area contributed by atoms with E-state index in [1.54, 1.807) is 6.07 Å². The molecule has 25 heavy (non-hydrogen) atoms. The molecule has 2 aromatic carbocycles. The quantitative estimate of drug-likeness (QED) is 0.708. The fourth-order valence-corrected chi connectivity index (χ4v) is 6.14. The predicted octanol–water partition coefficient (Wildman–Crippen LogP) is 5.44. The molecule has 2 N–H and O–H groups in total. The highest BCUT2D eigenvalue weighted by atomic mass is 79.9. The summed E-state index contributed by atoms with van der Waals surface area (Å²) in [5.41, 5.74) is 3.72. The van der Waals surface area contributed by atoms with Crippen molar-refractivity contribution in [1.29, 1.82) is 0 Å². The van der Waals surface area contributed by atoms with Crippen molar-refractivity contribution in [3.63, 3.8) is 0 Å². The number of aromatic carboxylic acids is 1. The van der Waals surface area contributed by atoms with Crippen LogP contribution in [-0.4, -0.2) is 11.1 Å². The Hall–Kier alpha value is -1.81. The van der Waals surface area contributed by atoms with Crippen LogP contribution < -0.4 is 5.32 Å². The lowest BCUT2D eigenvalue weighted by Gasteiger charge is -2.44. The first-order chi connectivity index (χ1) is 12.1. The van der Waals surface area contributed by atoms with E-state index >= 15 is 0 Å². The third-order valence-electron chi connectivity index (χ3n) is 6.56. The Bertz CT molecular complexity index is 865. The Balaban J connectivity index is 1.68. The SMILES string of the molecule is O=C(O)c1cccc2c1N[C@H](c1cccc(Br)c1)[C@@H]1[C@H]3CC[C@@H](C3)[C@H]21. The third kappa shape index (κ3) is 2.27. The van der Waals surface area contributed by atoms with Gasteiger partial charge in [-0.1, -0.05) is 40.2 Å². The first-order valence-corrected chi connectivity index (χ1v) is 9.81. The van der Waals surface area contributed by atoms with E-state index in [0.29, 0.717) is 23.3 Å². The van der Waals surface area contributed by atoms with Crippen molar-refractivity contribution in [2.45, 2.75) is 31.2 Å². The van der Waals surface area contributed by atoms with E-state index in [1.807, 2.05) is 12.1 Å². The molecule has 3 nitrogen and oxygen atoms in total. The summed E-state index contributed by atoms with van der Waals surface area (Å²) in [6, 6.07) is 14.4. The highest BCUT2D eigenvalue weighted by molar-refractivity contribution is 9.10. The van der Waals surface area contributed by atoms with Gasteiger partial charge in [0.25, 0.3) is 0 Å². The lowest BCUT2D eigenvalue weighted by atomic mass is 9.67. The number of nitrogens with one attached hydrogen (secondary N) is 1. The number of hydrogen-bond donors (Lipinski definition) is 2. The highest BCUT2D eigenvalue weighted by Gasteiger charge is 2.54. The molecule has 2 bridgehead atoms. The van der Waals surface area contributed by atoms with Crippen LogP contribution in [0.5, 0.6) is 0 Å². The van der Waals surface area contributed by atoms with Gasteiger partial charge in [-0.2, -0.15) is 0 Å². The zero-order chi connectivity index (χ0) is 17.1. The Morgan fingerprint density at radius 3 is 2.72 bits per heavy atom. The van der Waals surface area contributed by atoms with Crippen molar-refractivity contribution < 1.29 is 9.90 Å². The number of benzene rings is 2. The molecule has 0 aromatic heterocycles. The maximum Gasteiger partial charge on any atom is 0.337 e. The minimum Gasteiger partial charge on any atom is -0.478 e. The van der Waals surface area contributed by atoms with E-state index in [4.69, 9.17) is 0 Å². The topological polar surface area (TPSA) is 49.3 Å². The van der Waals surface area contributed by atoms with Gasteiger partial charge in [-0.15, -0.1) is 0 Å². The second kappa shape index (κ2) is 5.60. The van der Waals surface area contributed by atoms with Crippen molar-refractivity contribution in [3.05, 3.63) is 63.6 Å². The normalized spacial score (nSPS) is 32.0. The molecule has 1 aliphatic heterocycles. The number of hydrogen-bond acceptors (Lipinski definition) is 2. The molecule has 1 heterocycles. The molecule has 0 amide bonds. The third-order valence-corrected chi connectivity index (χ3v) is 7.05. The van der Waals surface area contributed by atoms with Crippen molar-refractivity contribution in [1.82, 2.24) is 0 Å². The smallest absolute Gasteiger partial charge is 0.337 e. The second-order valence-electron chi connectivity index (χ2n) is 7.69. The van der Waals surface area contributed by atoms with Gasteiger partial charge in [0.05, 0.1) is 17.3 Å². The summed E-state index contributed by atoms with van der Waals surface area (Å²) in [4.78, 5) is 11.8. The molecule has 5 atom stereocenters. The average molecular weight is 398 g/mol. The standard InChI is InChI=1S/C21H20BrNO2/c22-14-4-1-3-13(10-14)19-18-12-8-7-11(9-12)17(18)15-5-2-6-16(21(24)25)20(15)23-19/h1-6,10-12,17-19,23H,7-9H2,(H,24,25)/t11-,12-,17+,18+,19+/m0/s1. The van der Waals surface area contributed by atoms with E-state index in [-0.39, 0.29) is 6.04 Å².